The van der Waals surface area contributed by atoms with Crippen molar-refractivity contribution in [2.24, 2.45) is 0 Å². The topological polar surface area (TPSA) is 61.5 Å². The second kappa shape index (κ2) is 8.00. The molecule has 5 rings (SSSR count). The summed E-state index contributed by atoms with van der Waals surface area (Å²) in [5.41, 5.74) is 5.27. The van der Waals surface area contributed by atoms with Crippen molar-refractivity contribution in [1.29, 1.82) is 0 Å². The van der Waals surface area contributed by atoms with Gasteiger partial charge in [-0.05, 0) is 69.3 Å². The van der Waals surface area contributed by atoms with Gasteiger partial charge in [0.1, 0.15) is 6.61 Å². The zero-order chi connectivity index (χ0) is 21.5. The molecular formula is C25H30N4O2. The van der Waals surface area contributed by atoms with E-state index in [-0.39, 0.29) is 5.56 Å². The number of hydrogen-bond acceptors (Lipinski definition) is 5. The summed E-state index contributed by atoms with van der Waals surface area (Å²) in [6.07, 6.45) is 3.00. The predicted molar refractivity (Wildman–Crippen MR) is 124 cm³/mol. The summed E-state index contributed by atoms with van der Waals surface area (Å²) in [7, 11) is 2.12. The number of nitrogens with one attached hydrogen (secondary N) is 1. The lowest BCUT2D eigenvalue weighted by Gasteiger charge is -2.31. The molecule has 0 radical (unpaired) electrons. The number of fused-ring (bicyclic) bond motifs is 2. The summed E-state index contributed by atoms with van der Waals surface area (Å²) in [5, 5.41) is 2.53. The van der Waals surface area contributed by atoms with Gasteiger partial charge in [0.05, 0.1) is 12.2 Å². The van der Waals surface area contributed by atoms with E-state index in [4.69, 9.17) is 9.72 Å². The van der Waals surface area contributed by atoms with Gasteiger partial charge in [0.25, 0.3) is 11.6 Å². The van der Waals surface area contributed by atoms with Crippen molar-refractivity contribution in [3.8, 4) is 6.01 Å². The van der Waals surface area contributed by atoms with Crippen LogP contribution in [0, 0.1) is 13.8 Å². The average Bonchev–Trinajstić information content (AvgIpc) is 3.16. The van der Waals surface area contributed by atoms with E-state index in [1.807, 2.05) is 0 Å². The number of aromatic amines is 1. The minimum atomic E-state index is -0.0651. The number of likely N-dealkylation sites (tertiary alicyclic amines) is 1. The van der Waals surface area contributed by atoms with E-state index in [0.717, 1.165) is 30.8 Å². The van der Waals surface area contributed by atoms with Gasteiger partial charge in [0.2, 0.25) is 0 Å². The van der Waals surface area contributed by atoms with E-state index in [1.54, 1.807) is 0 Å². The van der Waals surface area contributed by atoms with E-state index in [2.05, 4.69) is 66.0 Å². The van der Waals surface area contributed by atoms with Gasteiger partial charge in [-0.3, -0.25) is 9.78 Å². The molecule has 0 bridgehead atoms. The SMILES string of the molecule is Cc1cc(N2CCc3c(nc(OC[C@@H]4CCCN4C)[nH]c3=O)C2)c2c(C)cccc2c1. The third-order valence-electron chi connectivity index (χ3n) is 6.79. The Morgan fingerprint density at radius 3 is 2.90 bits per heavy atom. The summed E-state index contributed by atoms with van der Waals surface area (Å²) in [6.45, 7) is 7.38. The third-order valence-corrected chi connectivity index (χ3v) is 6.79. The summed E-state index contributed by atoms with van der Waals surface area (Å²) < 4.78 is 5.93. The molecule has 6 heteroatoms. The lowest BCUT2D eigenvalue weighted by Crippen LogP contribution is -2.36. The largest absolute Gasteiger partial charge is 0.463 e. The molecule has 1 saturated heterocycles. The normalized spacial score (nSPS) is 19.1. The number of H-pyrrole nitrogens is 1. The highest BCUT2D eigenvalue weighted by molar-refractivity contribution is 5.97. The van der Waals surface area contributed by atoms with Crippen molar-refractivity contribution in [2.45, 2.75) is 45.7 Å². The van der Waals surface area contributed by atoms with Crippen LogP contribution >= 0.6 is 0 Å². The highest BCUT2D eigenvalue weighted by Crippen LogP contribution is 2.33. The zero-order valence-electron chi connectivity index (χ0n) is 18.6. The molecule has 0 spiro atoms. The van der Waals surface area contributed by atoms with Crippen LogP contribution in [0.25, 0.3) is 10.8 Å². The maximum Gasteiger partial charge on any atom is 0.296 e. The fourth-order valence-electron chi connectivity index (χ4n) is 5.04. The monoisotopic (exact) mass is 418 g/mol. The van der Waals surface area contributed by atoms with Crippen molar-refractivity contribution in [3.05, 3.63) is 63.1 Å². The van der Waals surface area contributed by atoms with Gasteiger partial charge >= 0.3 is 0 Å². The van der Waals surface area contributed by atoms with Crippen LogP contribution in [0.2, 0.25) is 0 Å². The predicted octanol–water partition coefficient (Wildman–Crippen LogP) is 3.58. The van der Waals surface area contributed by atoms with Crippen LogP contribution in [-0.2, 0) is 13.0 Å². The molecule has 3 aromatic rings. The van der Waals surface area contributed by atoms with Crippen molar-refractivity contribution < 1.29 is 4.74 Å². The van der Waals surface area contributed by atoms with Gasteiger partial charge in [0, 0.05) is 29.2 Å². The Bertz CT molecular complexity index is 1190. The number of ether oxygens (including phenoxy) is 1. The summed E-state index contributed by atoms with van der Waals surface area (Å²) in [6, 6.07) is 11.7. The Morgan fingerprint density at radius 1 is 1.23 bits per heavy atom. The van der Waals surface area contributed by atoms with Crippen molar-refractivity contribution in [3.63, 3.8) is 0 Å². The van der Waals surface area contributed by atoms with Crippen LogP contribution < -0.4 is 15.2 Å². The molecular weight excluding hydrogens is 388 g/mol. The maximum atomic E-state index is 12.7. The molecule has 0 amide bonds. The minimum absolute atomic E-state index is 0.0651. The standard InChI is InChI=1S/C25H30N4O2/c1-16-12-18-7-4-6-17(2)23(18)22(13-16)29-11-9-20-21(14-29)26-25(27-24(20)30)31-15-19-8-5-10-28(19)3/h4,6-7,12-13,19H,5,8-11,14-15H2,1-3H3,(H,26,27,30)/t19-/m0/s1. The van der Waals surface area contributed by atoms with E-state index in [0.29, 0.717) is 31.6 Å². The lowest BCUT2D eigenvalue weighted by molar-refractivity contribution is 0.187. The van der Waals surface area contributed by atoms with Crippen LogP contribution in [0.15, 0.2) is 35.1 Å². The molecule has 2 aromatic carbocycles. The van der Waals surface area contributed by atoms with E-state index >= 15 is 0 Å². The van der Waals surface area contributed by atoms with Crippen LogP contribution in [0.1, 0.15) is 35.2 Å². The first-order valence-corrected chi connectivity index (χ1v) is 11.2. The zero-order valence-corrected chi connectivity index (χ0v) is 18.6. The van der Waals surface area contributed by atoms with Crippen molar-refractivity contribution in [2.75, 3.05) is 31.6 Å². The Kier molecular flexibility index (Phi) is 5.18. The minimum Gasteiger partial charge on any atom is -0.463 e. The molecule has 1 aromatic heterocycles. The number of benzene rings is 2. The van der Waals surface area contributed by atoms with Gasteiger partial charge in [0.15, 0.2) is 0 Å². The number of likely N-dealkylation sites (N-methyl/N-ethyl adjacent to an activating group) is 1. The molecule has 0 aliphatic carbocycles. The first-order chi connectivity index (χ1) is 15.0. The number of aryl methyl sites for hydroxylation is 2. The second-order valence-corrected chi connectivity index (χ2v) is 9.01. The summed E-state index contributed by atoms with van der Waals surface area (Å²) >= 11 is 0. The lowest BCUT2D eigenvalue weighted by atomic mass is 9.98. The fraction of sp³-hybridized carbons (Fsp3) is 0.440. The number of hydrogen-bond donors (Lipinski definition) is 1. The van der Waals surface area contributed by atoms with Crippen LogP contribution in [0.4, 0.5) is 5.69 Å². The van der Waals surface area contributed by atoms with E-state index in [1.165, 1.54) is 34.0 Å². The van der Waals surface area contributed by atoms with Crippen LogP contribution in [0.3, 0.4) is 0 Å². The van der Waals surface area contributed by atoms with Gasteiger partial charge in [-0.15, -0.1) is 0 Å². The molecule has 0 unspecified atom stereocenters. The number of anilines is 1. The van der Waals surface area contributed by atoms with Crippen molar-refractivity contribution >= 4 is 16.5 Å². The molecule has 1 N–H and O–H groups in total. The fourth-order valence-corrected chi connectivity index (χ4v) is 5.04. The first kappa shape index (κ1) is 20.1. The maximum absolute atomic E-state index is 12.7. The number of aromatic nitrogens is 2. The Morgan fingerprint density at radius 2 is 2.10 bits per heavy atom. The van der Waals surface area contributed by atoms with Crippen LogP contribution in [-0.4, -0.2) is 47.7 Å². The van der Waals surface area contributed by atoms with Crippen LogP contribution in [0.5, 0.6) is 6.01 Å². The summed E-state index contributed by atoms with van der Waals surface area (Å²) in [4.78, 5) is 24.9. The average molecular weight is 419 g/mol. The molecule has 31 heavy (non-hydrogen) atoms. The molecule has 2 aliphatic rings. The highest BCUT2D eigenvalue weighted by atomic mass is 16.5. The molecule has 3 heterocycles. The van der Waals surface area contributed by atoms with Gasteiger partial charge < -0.3 is 14.5 Å². The first-order valence-electron chi connectivity index (χ1n) is 11.2. The van der Waals surface area contributed by atoms with Gasteiger partial charge in [-0.2, -0.15) is 4.98 Å². The highest BCUT2D eigenvalue weighted by Gasteiger charge is 2.25. The second-order valence-electron chi connectivity index (χ2n) is 9.01. The van der Waals surface area contributed by atoms with Crippen molar-refractivity contribution in [1.82, 2.24) is 14.9 Å². The van der Waals surface area contributed by atoms with Gasteiger partial charge in [-0.25, -0.2) is 0 Å². The van der Waals surface area contributed by atoms with Gasteiger partial charge in [-0.1, -0.05) is 24.3 Å². The molecule has 2 aliphatic heterocycles. The molecule has 1 fully saturated rings. The Balaban J connectivity index is 1.44. The van der Waals surface area contributed by atoms with E-state index in [9.17, 15) is 4.79 Å². The number of rotatable bonds is 4. The quantitative estimate of drug-likeness (QED) is 0.702. The molecule has 6 nitrogen and oxygen atoms in total. The third kappa shape index (κ3) is 3.81. The molecule has 0 saturated carbocycles. The Hall–Kier alpha value is -2.86. The Labute approximate surface area is 182 Å². The number of nitrogens with zero attached hydrogens (tertiary/aromatic N) is 3. The van der Waals surface area contributed by atoms with E-state index < -0.39 is 0 Å². The smallest absolute Gasteiger partial charge is 0.296 e. The molecule has 1 atom stereocenters. The summed E-state index contributed by atoms with van der Waals surface area (Å²) in [5.74, 6) is 0. The molecule has 162 valence electrons.